The van der Waals surface area contributed by atoms with Crippen molar-refractivity contribution < 1.29 is 8.82 Å². The van der Waals surface area contributed by atoms with Gasteiger partial charge in [-0.2, -0.15) is 0 Å². The molecular weight excluding hydrogens is 537 g/mol. The van der Waals surface area contributed by atoms with Gasteiger partial charge in [-0.25, -0.2) is 9.37 Å². The summed E-state index contributed by atoms with van der Waals surface area (Å²) in [6.45, 7) is 8.05. The molecule has 0 atom stereocenters. The second-order valence-electron chi connectivity index (χ2n) is 11.7. The van der Waals surface area contributed by atoms with Crippen LogP contribution in [0.15, 0.2) is 89.9 Å². The molecule has 4 aromatic rings. The van der Waals surface area contributed by atoms with Gasteiger partial charge in [0, 0.05) is 18.3 Å². The summed E-state index contributed by atoms with van der Waals surface area (Å²) in [6, 6.07) is 27.5. The van der Waals surface area contributed by atoms with Crippen molar-refractivity contribution >= 4 is 42.3 Å². The van der Waals surface area contributed by atoms with Crippen LogP contribution in [0.2, 0.25) is 10.1 Å². The molecule has 2 heterocycles. The maximum absolute atomic E-state index is 15.9. The van der Waals surface area contributed by atoms with Crippen molar-refractivity contribution in [2.75, 3.05) is 18.1 Å². The lowest BCUT2D eigenvalue weighted by atomic mass is 10.1. The summed E-state index contributed by atoms with van der Waals surface area (Å²) in [5.41, 5.74) is 1.53. The average molecular weight is 570 g/mol. The third-order valence-corrected chi connectivity index (χ3v) is 13.1. The molecule has 1 aliphatic heterocycles. The number of nitrogens with zero attached hydrogens (tertiary/aromatic N) is 3. The van der Waals surface area contributed by atoms with Gasteiger partial charge >= 0.3 is 8.32 Å². The lowest BCUT2D eigenvalue weighted by molar-refractivity contribution is 0.504. The molecule has 1 aromatic heterocycles. The Balaban J connectivity index is 1.54. The number of anilines is 1. The molecule has 40 heavy (non-hydrogen) atoms. The molecule has 0 saturated heterocycles. The number of aliphatic imine (C=N–C) groups is 1. The van der Waals surface area contributed by atoms with E-state index in [0.717, 1.165) is 28.3 Å². The number of fused-ring (bicyclic) bond motifs is 1. The molecule has 1 fully saturated rings. The summed E-state index contributed by atoms with van der Waals surface area (Å²) in [5, 5.41) is 2.31. The van der Waals surface area contributed by atoms with E-state index in [0.29, 0.717) is 29.1 Å². The van der Waals surface area contributed by atoms with Crippen molar-refractivity contribution in [3.63, 3.8) is 0 Å². The largest absolute Gasteiger partial charge is 0.533 e. The first-order valence-electron chi connectivity index (χ1n) is 13.8. The van der Waals surface area contributed by atoms with Crippen LogP contribution in [0.1, 0.15) is 39.2 Å². The molecule has 2 aliphatic rings. The third-order valence-electron chi connectivity index (χ3n) is 7.83. The Labute approximate surface area is 241 Å². The highest BCUT2D eigenvalue weighted by molar-refractivity contribution is 7.00. The van der Waals surface area contributed by atoms with Crippen molar-refractivity contribution in [1.29, 1.82) is 0 Å². The number of pyridine rings is 1. The van der Waals surface area contributed by atoms with Crippen LogP contribution in [0, 0.1) is 11.7 Å². The molecule has 0 amide bonds. The van der Waals surface area contributed by atoms with E-state index < -0.39 is 14.1 Å². The first-order valence-corrected chi connectivity index (χ1v) is 16.1. The predicted molar refractivity (Wildman–Crippen MR) is 165 cm³/mol. The van der Waals surface area contributed by atoms with Crippen molar-refractivity contribution in [3.8, 4) is 17.0 Å². The summed E-state index contributed by atoms with van der Waals surface area (Å²) in [7, 11) is -3.02. The van der Waals surface area contributed by atoms with E-state index in [1.807, 2.05) is 54.7 Å². The zero-order valence-electron chi connectivity index (χ0n) is 23.1. The van der Waals surface area contributed by atoms with Crippen LogP contribution in [0.4, 0.5) is 10.2 Å². The monoisotopic (exact) mass is 569 g/mol. The van der Waals surface area contributed by atoms with Gasteiger partial charge in [-0.3, -0.25) is 4.99 Å². The number of hydrogen-bond acceptors (Lipinski definition) is 4. The second-order valence-corrected chi connectivity index (χ2v) is 16.4. The average Bonchev–Trinajstić information content (AvgIpc) is 3.76. The lowest BCUT2D eigenvalue weighted by Crippen LogP contribution is -2.68. The van der Waals surface area contributed by atoms with Gasteiger partial charge in [-0.05, 0) is 52.4 Å². The van der Waals surface area contributed by atoms with Gasteiger partial charge in [0.15, 0.2) is 0 Å². The van der Waals surface area contributed by atoms with Crippen LogP contribution in [0.5, 0.6) is 5.75 Å². The van der Waals surface area contributed by atoms with Gasteiger partial charge < -0.3 is 9.33 Å². The zero-order valence-corrected chi connectivity index (χ0v) is 24.8. The molecule has 1 aliphatic carbocycles. The van der Waals surface area contributed by atoms with Crippen molar-refractivity contribution in [2.24, 2.45) is 10.9 Å². The maximum atomic E-state index is 15.9. The van der Waals surface area contributed by atoms with Crippen molar-refractivity contribution in [3.05, 3.63) is 101 Å². The fraction of sp³-hybridized carbons (Fsp3) is 0.273. The Morgan fingerprint density at radius 1 is 0.950 bits per heavy atom. The van der Waals surface area contributed by atoms with E-state index in [1.54, 1.807) is 6.07 Å². The molecule has 0 spiro atoms. The lowest BCUT2D eigenvalue weighted by Gasteiger charge is -2.43. The minimum atomic E-state index is -3.02. The number of hydrogen-bond donors (Lipinski definition) is 0. The SMILES string of the molecule is CC(C)(C)[Si](Oc1cccc(F)c1-c1nc2c(cc1Cl)C=NCN2CC1CC1)(c1ccccc1)c1ccccc1. The second kappa shape index (κ2) is 10.5. The number of rotatable bonds is 7. The molecule has 0 unspecified atom stereocenters. The maximum Gasteiger partial charge on any atom is 0.319 e. The molecule has 6 rings (SSSR count). The highest BCUT2D eigenvalue weighted by Gasteiger charge is 2.52. The first kappa shape index (κ1) is 26.7. The fourth-order valence-corrected chi connectivity index (χ4v) is 10.4. The third kappa shape index (κ3) is 4.84. The van der Waals surface area contributed by atoms with Crippen molar-refractivity contribution in [2.45, 2.75) is 38.7 Å². The van der Waals surface area contributed by atoms with Crippen LogP contribution < -0.4 is 19.7 Å². The van der Waals surface area contributed by atoms with Crippen molar-refractivity contribution in [1.82, 2.24) is 4.98 Å². The summed E-state index contributed by atoms with van der Waals surface area (Å²) in [5.74, 6) is 1.48. The van der Waals surface area contributed by atoms with Crippen LogP contribution in [0.25, 0.3) is 11.3 Å². The molecule has 7 heteroatoms. The Kier molecular flexibility index (Phi) is 7.01. The van der Waals surface area contributed by atoms with Crippen LogP contribution >= 0.6 is 11.6 Å². The Bertz CT molecular complexity index is 1510. The zero-order chi connectivity index (χ0) is 27.9. The summed E-state index contributed by atoms with van der Waals surface area (Å²) in [4.78, 5) is 11.7. The van der Waals surface area contributed by atoms with E-state index in [1.165, 1.54) is 18.9 Å². The molecule has 0 radical (unpaired) electrons. The Morgan fingerprint density at radius 3 is 2.20 bits per heavy atom. The highest BCUT2D eigenvalue weighted by atomic mass is 35.5. The minimum Gasteiger partial charge on any atom is -0.533 e. The summed E-state index contributed by atoms with van der Waals surface area (Å²) >= 11 is 6.85. The standard InChI is InChI=1S/C33H33ClFN3OSi/c1-33(2,3)40(25-11-6-4-7-12-25,26-13-8-5-9-14-26)39-29-16-10-15-28(35)30(29)31-27(34)19-24-20-36-22-38(32(24)37-31)21-23-17-18-23/h4-16,19-20,23H,17-18,21-22H2,1-3H3. The van der Waals surface area contributed by atoms with E-state index in [-0.39, 0.29) is 10.6 Å². The highest BCUT2D eigenvalue weighted by Crippen LogP contribution is 2.43. The number of benzene rings is 3. The fourth-order valence-electron chi connectivity index (χ4n) is 5.71. The van der Waals surface area contributed by atoms with Gasteiger partial charge in [0.05, 0.1) is 16.3 Å². The van der Waals surface area contributed by atoms with Gasteiger partial charge in [0.1, 0.15) is 24.1 Å². The molecule has 1 saturated carbocycles. The normalized spacial score (nSPS) is 15.2. The summed E-state index contributed by atoms with van der Waals surface area (Å²) < 4.78 is 23.2. The minimum absolute atomic E-state index is 0.288. The Hall–Kier alpha value is -3.48. The van der Waals surface area contributed by atoms with Gasteiger partial charge in [0.25, 0.3) is 0 Å². The quantitative estimate of drug-likeness (QED) is 0.223. The molecule has 4 nitrogen and oxygen atoms in total. The van der Waals surface area contributed by atoms with Gasteiger partial charge in [-0.1, -0.05) is 99.1 Å². The predicted octanol–water partition coefficient (Wildman–Crippen LogP) is 7.09. The number of aromatic nitrogens is 1. The van der Waals surface area contributed by atoms with E-state index in [4.69, 9.17) is 21.0 Å². The molecule has 0 bridgehead atoms. The topological polar surface area (TPSA) is 37.7 Å². The first-order chi connectivity index (χ1) is 19.3. The number of halogens is 2. The Morgan fingerprint density at radius 2 is 1.60 bits per heavy atom. The van der Waals surface area contributed by atoms with E-state index in [9.17, 15) is 0 Å². The molecule has 0 N–H and O–H groups in total. The molecular formula is C33H33ClFN3OSi. The summed E-state index contributed by atoms with van der Waals surface area (Å²) in [6.07, 6.45) is 4.25. The van der Waals surface area contributed by atoms with Crippen LogP contribution in [-0.2, 0) is 0 Å². The van der Waals surface area contributed by atoms with Gasteiger partial charge in [-0.15, -0.1) is 0 Å². The van der Waals surface area contributed by atoms with E-state index in [2.05, 4.69) is 54.9 Å². The van der Waals surface area contributed by atoms with Crippen LogP contribution in [0.3, 0.4) is 0 Å². The van der Waals surface area contributed by atoms with E-state index >= 15 is 4.39 Å². The molecule has 3 aromatic carbocycles. The van der Waals surface area contributed by atoms with Gasteiger partial charge in [0.2, 0.25) is 0 Å². The smallest absolute Gasteiger partial charge is 0.319 e. The van der Waals surface area contributed by atoms with Crippen LogP contribution in [-0.4, -0.2) is 32.7 Å². The molecule has 204 valence electrons.